The predicted octanol–water partition coefficient (Wildman–Crippen LogP) is 1.78. The Balaban J connectivity index is 1.88. The van der Waals surface area contributed by atoms with E-state index in [0.717, 1.165) is 13.2 Å². The normalized spacial score (nSPS) is 19.9. The van der Waals surface area contributed by atoms with Gasteiger partial charge in [-0.1, -0.05) is 24.3 Å². The van der Waals surface area contributed by atoms with Crippen LogP contribution in [0.5, 0.6) is 0 Å². The summed E-state index contributed by atoms with van der Waals surface area (Å²) in [5, 5.41) is 3.54. The maximum atomic E-state index is 5.04. The van der Waals surface area contributed by atoms with Crippen molar-refractivity contribution in [2.24, 2.45) is 0 Å². The molecule has 2 nitrogen and oxygen atoms in total. The SMILES string of the molecule is COCCNC1CCc2ccccc2C1. The largest absolute Gasteiger partial charge is 0.383 e. The van der Waals surface area contributed by atoms with Crippen LogP contribution in [0.25, 0.3) is 0 Å². The molecule has 0 aromatic heterocycles. The van der Waals surface area contributed by atoms with Crippen molar-refractivity contribution >= 4 is 0 Å². The van der Waals surface area contributed by atoms with Crippen molar-refractivity contribution in [2.75, 3.05) is 20.3 Å². The maximum Gasteiger partial charge on any atom is 0.0587 e. The highest BCUT2D eigenvalue weighted by molar-refractivity contribution is 5.30. The summed E-state index contributed by atoms with van der Waals surface area (Å²) in [5.41, 5.74) is 3.04. The molecule has 1 aliphatic carbocycles. The number of methoxy groups -OCH3 is 1. The highest BCUT2D eigenvalue weighted by atomic mass is 16.5. The molecule has 0 heterocycles. The summed E-state index contributed by atoms with van der Waals surface area (Å²) < 4.78 is 5.04. The van der Waals surface area contributed by atoms with Crippen molar-refractivity contribution in [3.05, 3.63) is 35.4 Å². The van der Waals surface area contributed by atoms with Crippen LogP contribution in [-0.4, -0.2) is 26.3 Å². The van der Waals surface area contributed by atoms with Crippen LogP contribution < -0.4 is 5.32 Å². The Morgan fingerprint density at radius 1 is 1.33 bits per heavy atom. The molecule has 1 aromatic carbocycles. The number of nitrogens with one attached hydrogen (secondary N) is 1. The first-order valence-corrected chi connectivity index (χ1v) is 5.69. The van der Waals surface area contributed by atoms with Gasteiger partial charge in [0.05, 0.1) is 6.61 Å². The van der Waals surface area contributed by atoms with Gasteiger partial charge in [0.15, 0.2) is 0 Å². The molecule has 15 heavy (non-hydrogen) atoms. The van der Waals surface area contributed by atoms with Gasteiger partial charge in [0.25, 0.3) is 0 Å². The number of hydrogen-bond acceptors (Lipinski definition) is 2. The van der Waals surface area contributed by atoms with Crippen molar-refractivity contribution in [2.45, 2.75) is 25.3 Å². The molecule has 1 N–H and O–H groups in total. The van der Waals surface area contributed by atoms with Crippen molar-refractivity contribution in [1.82, 2.24) is 5.32 Å². The standard InChI is InChI=1S/C13H19NO/c1-15-9-8-14-13-7-6-11-4-2-3-5-12(11)10-13/h2-5,13-14H,6-10H2,1H3. The van der Waals surface area contributed by atoms with E-state index >= 15 is 0 Å². The minimum Gasteiger partial charge on any atom is -0.383 e. The summed E-state index contributed by atoms with van der Waals surface area (Å²) in [6.07, 6.45) is 3.63. The molecule has 82 valence electrons. The molecule has 0 amide bonds. The smallest absolute Gasteiger partial charge is 0.0587 e. The predicted molar refractivity (Wildman–Crippen MR) is 62.1 cm³/mol. The van der Waals surface area contributed by atoms with E-state index in [-0.39, 0.29) is 0 Å². The summed E-state index contributed by atoms with van der Waals surface area (Å²) in [7, 11) is 1.75. The Labute approximate surface area is 91.6 Å². The molecule has 0 aliphatic heterocycles. The second-order valence-corrected chi connectivity index (χ2v) is 4.16. The molecule has 0 fully saturated rings. The van der Waals surface area contributed by atoms with Gasteiger partial charge < -0.3 is 10.1 Å². The van der Waals surface area contributed by atoms with Gasteiger partial charge in [0, 0.05) is 19.7 Å². The fourth-order valence-electron chi connectivity index (χ4n) is 2.24. The lowest BCUT2D eigenvalue weighted by Crippen LogP contribution is -2.36. The lowest BCUT2D eigenvalue weighted by molar-refractivity contribution is 0.194. The quantitative estimate of drug-likeness (QED) is 0.757. The number of benzene rings is 1. The zero-order chi connectivity index (χ0) is 10.5. The molecule has 1 aromatic rings. The van der Waals surface area contributed by atoms with Crippen LogP contribution in [0.3, 0.4) is 0 Å². The van der Waals surface area contributed by atoms with Crippen LogP contribution in [0, 0.1) is 0 Å². The van der Waals surface area contributed by atoms with E-state index in [1.807, 2.05) is 0 Å². The van der Waals surface area contributed by atoms with Gasteiger partial charge >= 0.3 is 0 Å². The molecule has 0 radical (unpaired) electrons. The molecule has 0 bridgehead atoms. The van der Waals surface area contributed by atoms with Crippen LogP contribution in [-0.2, 0) is 17.6 Å². The third-order valence-corrected chi connectivity index (χ3v) is 3.09. The van der Waals surface area contributed by atoms with Gasteiger partial charge in [-0.2, -0.15) is 0 Å². The topological polar surface area (TPSA) is 21.3 Å². The molecule has 2 rings (SSSR count). The summed E-state index contributed by atoms with van der Waals surface area (Å²) in [4.78, 5) is 0. The first kappa shape index (κ1) is 10.7. The third-order valence-electron chi connectivity index (χ3n) is 3.09. The second kappa shape index (κ2) is 5.29. The van der Waals surface area contributed by atoms with Gasteiger partial charge in [0.1, 0.15) is 0 Å². The molecule has 0 saturated heterocycles. The summed E-state index contributed by atoms with van der Waals surface area (Å²) >= 11 is 0. The van der Waals surface area contributed by atoms with Gasteiger partial charge in [-0.3, -0.25) is 0 Å². The summed E-state index contributed by atoms with van der Waals surface area (Å²) in [6.45, 7) is 1.77. The first-order valence-electron chi connectivity index (χ1n) is 5.69. The number of hydrogen-bond donors (Lipinski definition) is 1. The Morgan fingerprint density at radius 3 is 2.93 bits per heavy atom. The minimum absolute atomic E-state index is 0.634. The van der Waals surface area contributed by atoms with E-state index in [2.05, 4.69) is 29.6 Å². The monoisotopic (exact) mass is 205 g/mol. The van der Waals surface area contributed by atoms with Gasteiger partial charge in [-0.25, -0.2) is 0 Å². The van der Waals surface area contributed by atoms with Crippen LogP contribution in [0.4, 0.5) is 0 Å². The van der Waals surface area contributed by atoms with E-state index in [9.17, 15) is 0 Å². The Kier molecular flexibility index (Phi) is 3.75. The average molecular weight is 205 g/mol. The number of ether oxygens (including phenoxy) is 1. The Hall–Kier alpha value is -0.860. The van der Waals surface area contributed by atoms with Gasteiger partial charge in [-0.05, 0) is 30.4 Å². The Morgan fingerprint density at radius 2 is 2.13 bits per heavy atom. The number of rotatable bonds is 4. The fourth-order valence-corrected chi connectivity index (χ4v) is 2.24. The van der Waals surface area contributed by atoms with E-state index in [4.69, 9.17) is 4.74 Å². The molecule has 1 atom stereocenters. The van der Waals surface area contributed by atoms with E-state index in [0.29, 0.717) is 6.04 Å². The van der Waals surface area contributed by atoms with E-state index in [1.165, 1.54) is 30.4 Å². The van der Waals surface area contributed by atoms with Crippen LogP contribution >= 0.6 is 0 Å². The van der Waals surface area contributed by atoms with Crippen molar-refractivity contribution in [3.63, 3.8) is 0 Å². The summed E-state index contributed by atoms with van der Waals surface area (Å²) in [5.74, 6) is 0. The highest BCUT2D eigenvalue weighted by Crippen LogP contribution is 2.20. The fraction of sp³-hybridized carbons (Fsp3) is 0.538. The van der Waals surface area contributed by atoms with Crippen molar-refractivity contribution < 1.29 is 4.74 Å². The lowest BCUT2D eigenvalue weighted by atomic mass is 9.88. The third kappa shape index (κ3) is 2.80. The maximum absolute atomic E-state index is 5.04. The van der Waals surface area contributed by atoms with Crippen LogP contribution in [0.15, 0.2) is 24.3 Å². The Bertz CT molecular complexity index is 311. The molecule has 1 aliphatic rings. The molecular formula is C13H19NO. The second-order valence-electron chi connectivity index (χ2n) is 4.16. The van der Waals surface area contributed by atoms with Crippen molar-refractivity contribution in [1.29, 1.82) is 0 Å². The first-order chi connectivity index (χ1) is 7.40. The zero-order valence-electron chi connectivity index (χ0n) is 9.33. The van der Waals surface area contributed by atoms with E-state index in [1.54, 1.807) is 7.11 Å². The van der Waals surface area contributed by atoms with Crippen LogP contribution in [0.1, 0.15) is 17.5 Å². The van der Waals surface area contributed by atoms with E-state index < -0.39 is 0 Å². The highest BCUT2D eigenvalue weighted by Gasteiger charge is 2.16. The van der Waals surface area contributed by atoms with Gasteiger partial charge in [-0.15, -0.1) is 0 Å². The number of fused-ring (bicyclic) bond motifs is 1. The average Bonchev–Trinajstić information content (AvgIpc) is 2.29. The lowest BCUT2D eigenvalue weighted by Gasteiger charge is -2.25. The molecular weight excluding hydrogens is 186 g/mol. The van der Waals surface area contributed by atoms with Crippen molar-refractivity contribution in [3.8, 4) is 0 Å². The zero-order valence-corrected chi connectivity index (χ0v) is 9.33. The molecule has 0 spiro atoms. The minimum atomic E-state index is 0.634. The molecule has 0 saturated carbocycles. The van der Waals surface area contributed by atoms with Crippen LogP contribution in [0.2, 0.25) is 0 Å². The molecule has 2 heteroatoms. The summed E-state index contributed by atoms with van der Waals surface area (Å²) in [6, 6.07) is 9.41. The number of aryl methyl sites for hydroxylation is 1. The van der Waals surface area contributed by atoms with Gasteiger partial charge in [0.2, 0.25) is 0 Å². The molecule has 1 unspecified atom stereocenters.